The highest BCUT2D eigenvalue weighted by molar-refractivity contribution is 8.16. The standard InChI is InChI=1S/C23H25ClN2O4S/c24-16-10-12-17(13-11-16)25-21(27)20-19-9-5-4-6-15(19)14-31(20)26-22(28)23(29)30-18-7-2-1-3-8-18/h4-6,9-13,18,20,31H,1-3,7-8,14H2,(H,25,27)(H,26,28). The van der Waals surface area contributed by atoms with E-state index in [1.807, 2.05) is 24.3 Å². The lowest BCUT2D eigenvalue weighted by Gasteiger charge is -2.26. The first-order valence-electron chi connectivity index (χ1n) is 10.4. The molecule has 1 aliphatic heterocycles. The van der Waals surface area contributed by atoms with Gasteiger partial charge in [0.05, 0.1) is 0 Å². The molecule has 2 aliphatic rings. The molecule has 8 heteroatoms. The largest absolute Gasteiger partial charge is 0.455 e. The molecule has 4 rings (SSSR count). The summed E-state index contributed by atoms with van der Waals surface area (Å²) in [6.07, 6.45) is 4.55. The summed E-state index contributed by atoms with van der Waals surface area (Å²) in [6.45, 7) is 0. The highest BCUT2D eigenvalue weighted by Crippen LogP contribution is 2.51. The van der Waals surface area contributed by atoms with E-state index in [0.29, 0.717) is 16.5 Å². The van der Waals surface area contributed by atoms with Crippen LogP contribution in [0.25, 0.3) is 0 Å². The van der Waals surface area contributed by atoms with Crippen LogP contribution in [0.15, 0.2) is 48.5 Å². The SMILES string of the molecule is O=C(N[SH]1Cc2ccccc2C1C(=O)Nc1ccc(Cl)cc1)C(=O)OC1CCCCC1. The van der Waals surface area contributed by atoms with Crippen molar-refractivity contribution >= 4 is 46.2 Å². The lowest BCUT2D eigenvalue weighted by molar-refractivity contribution is -0.159. The second kappa shape index (κ2) is 9.75. The van der Waals surface area contributed by atoms with Gasteiger partial charge in [0, 0.05) is 16.5 Å². The van der Waals surface area contributed by atoms with Gasteiger partial charge in [0.1, 0.15) is 11.4 Å². The van der Waals surface area contributed by atoms with E-state index in [4.69, 9.17) is 16.3 Å². The van der Waals surface area contributed by atoms with Crippen molar-refractivity contribution in [3.05, 3.63) is 64.7 Å². The second-order valence-electron chi connectivity index (χ2n) is 7.83. The van der Waals surface area contributed by atoms with E-state index < -0.39 is 28.2 Å². The van der Waals surface area contributed by atoms with E-state index in [0.717, 1.165) is 43.2 Å². The summed E-state index contributed by atoms with van der Waals surface area (Å²) in [6, 6.07) is 14.5. The Morgan fingerprint density at radius 2 is 1.68 bits per heavy atom. The molecule has 6 nitrogen and oxygen atoms in total. The Hall–Kier alpha value is -2.51. The molecular weight excluding hydrogens is 436 g/mol. The molecule has 31 heavy (non-hydrogen) atoms. The molecule has 2 atom stereocenters. The molecular formula is C23H25ClN2O4S. The summed E-state index contributed by atoms with van der Waals surface area (Å²) in [4.78, 5) is 38.1. The summed E-state index contributed by atoms with van der Waals surface area (Å²) >= 11 is 4.61. The number of rotatable bonds is 4. The van der Waals surface area contributed by atoms with Gasteiger partial charge < -0.3 is 14.8 Å². The third-order valence-electron chi connectivity index (χ3n) is 5.62. The Morgan fingerprint density at radius 1 is 0.968 bits per heavy atom. The first-order chi connectivity index (χ1) is 15.0. The Labute approximate surface area is 189 Å². The minimum absolute atomic E-state index is 0.190. The second-order valence-corrected chi connectivity index (χ2v) is 10.3. The maximum absolute atomic E-state index is 13.1. The van der Waals surface area contributed by atoms with Crippen LogP contribution in [0.1, 0.15) is 48.5 Å². The van der Waals surface area contributed by atoms with Crippen molar-refractivity contribution in [1.29, 1.82) is 0 Å². The minimum atomic E-state index is -1.31. The lowest BCUT2D eigenvalue weighted by Crippen LogP contribution is -2.35. The van der Waals surface area contributed by atoms with Gasteiger partial charge in [-0.25, -0.2) is 4.79 Å². The normalized spacial score (nSPS) is 21.7. The van der Waals surface area contributed by atoms with Gasteiger partial charge in [0.2, 0.25) is 5.91 Å². The maximum Gasteiger partial charge on any atom is 0.397 e. The summed E-state index contributed by atoms with van der Waals surface area (Å²) in [5, 5.41) is 2.93. The Bertz CT molecular complexity index is 976. The third kappa shape index (κ3) is 5.22. The van der Waals surface area contributed by atoms with Gasteiger partial charge in [-0.05, 0) is 61.1 Å². The zero-order valence-electron chi connectivity index (χ0n) is 17.0. The molecule has 2 aromatic rings. The van der Waals surface area contributed by atoms with Gasteiger partial charge in [-0.1, -0.05) is 42.3 Å². The third-order valence-corrected chi connectivity index (χ3v) is 8.18. The van der Waals surface area contributed by atoms with Crippen LogP contribution in [-0.2, 0) is 24.9 Å². The molecule has 0 saturated heterocycles. The number of anilines is 1. The van der Waals surface area contributed by atoms with Crippen LogP contribution in [0.5, 0.6) is 0 Å². The Balaban J connectivity index is 1.46. The Kier molecular flexibility index (Phi) is 6.83. The zero-order chi connectivity index (χ0) is 21.8. The number of hydrogen-bond acceptors (Lipinski definition) is 4. The molecule has 1 saturated carbocycles. The average molecular weight is 461 g/mol. The molecule has 0 bridgehead atoms. The molecule has 1 aliphatic carbocycles. The number of ether oxygens (including phenoxy) is 1. The summed E-state index contributed by atoms with van der Waals surface area (Å²) in [7, 11) is 0. The lowest BCUT2D eigenvalue weighted by atomic mass is 9.98. The molecule has 2 amide bonds. The van der Waals surface area contributed by atoms with E-state index in [-0.39, 0.29) is 12.0 Å². The quantitative estimate of drug-likeness (QED) is 0.357. The number of carbonyl (C=O) groups excluding carboxylic acids is 3. The van der Waals surface area contributed by atoms with Gasteiger partial charge in [-0.2, -0.15) is 11.1 Å². The van der Waals surface area contributed by atoms with Crippen LogP contribution in [0.3, 0.4) is 0 Å². The number of benzene rings is 2. The first-order valence-corrected chi connectivity index (χ1v) is 12.4. The fraction of sp³-hybridized carbons (Fsp3) is 0.348. The van der Waals surface area contributed by atoms with Gasteiger partial charge in [0.15, 0.2) is 0 Å². The number of nitrogens with one attached hydrogen (secondary N) is 2. The molecule has 2 N–H and O–H groups in total. The van der Waals surface area contributed by atoms with Crippen LogP contribution in [0, 0.1) is 0 Å². The number of esters is 1. The van der Waals surface area contributed by atoms with Gasteiger partial charge >= 0.3 is 11.9 Å². The first kappa shape index (κ1) is 21.7. The van der Waals surface area contributed by atoms with E-state index in [9.17, 15) is 14.4 Å². The summed E-state index contributed by atoms with van der Waals surface area (Å²) in [5.41, 5.74) is 2.50. The molecule has 2 unspecified atom stereocenters. The highest BCUT2D eigenvalue weighted by Gasteiger charge is 2.37. The predicted molar refractivity (Wildman–Crippen MR) is 123 cm³/mol. The smallest absolute Gasteiger partial charge is 0.397 e. The zero-order valence-corrected chi connectivity index (χ0v) is 18.6. The summed E-state index contributed by atoms with van der Waals surface area (Å²) < 4.78 is 8.20. The van der Waals surface area contributed by atoms with Crippen molar-refractivity contribution in [2.75, 3.05) is 5.32 Å². The van der Waals surface area contributed by atoms with E-state index in [1.165, 1.54) is 0 Å². The Morgan fingerprint density at radius 3 is 2.42 bits per heavy atom. The number of carbonyl (C=O) groups is 3. The molecule has 0 radical (unpaired) electrons. The van der Waals surface area contributed by atoms with Crippen molar-refractivity contribution in [2.24, 2.45) is 0 Å². The molecule has 1 heterocycles. The number of thiol groups is 1. The molecule has 0 spiro atoms. The van der Waals surface area contributed by atoms with Crippen molar-refractivity contribution < 1.29 is 19.1 Å². The molecule has 0 aromatic heterocycles. The molecule has 2 aromatic carbocycles. The van der Waals surface area contributed by atoms with Crippen LogP contribution in [0.2, 0.25) is 5.02 Å². The monoisotopic (exact) mass is 460 g/mol. The number of fused-ring (bicyclic) bond motifs is 1. The van der Waals surface area contributed by atoms with Gasteiger partial charge in [-0.3, -0.25) is 9.59 Å². The van der Waals surface area contributed by atoms with Crippen molar-refractivity contribution in [1.82, 2.24) is 4.72 Å². The van der Waals surface area contributed by atoms with E-state index in [1.54, 1.807) is 24.3 Å². The van der Waals surface area contributed by atoms with E-state index in [2.05, 4.69) is 10.0 Å². The van der Waals surface area contributed by atoms with Crippen LogP contribution in [-0.4, -0.2) is 23.9 Å². The predicted octanol–water partition coefficient (Wildman–Crippen LogP) is 4.44. The van der Waals surface area contributed by atoms with Crippen molar-refractivity contribution in [3.63, 3.8) is 0 Å². The van der Waals surface area contributed by atoms with E-state index >= 15 is 0 Å². The van der Waals surface area contributed by atoms with Gasteiger partial charge in [-0.15, -0.1) is 0 Å². The fourth-order valence-electron chi connectivity index (χ4n) is 4.08. The minimum Gasteiger partial charge on any atom is -0.455 e. The number of hydrogen-bond donors (Lipinski definition) is 3. The fourth-order valence-corrected chi connectivity index (χ4v) is 6.54. The van der Waals surface area contributed by atoms with Crippen LogP contribution < -0.4 is 10.0 Å². The average Bonchev–Trinajstić information content (AvgIpc) is 3.14. The van der Waals surface area contributed by atoms with Crippen molar-refractivity contribution in [3.8, 4) is 0 Å². The summed E-state index contributed by atoms with van der Waals surface area (Å²) in [5.74, 6) is -1.32. The van der Waals surface area contributed by atoms with Crippen LogP contribution in [0.4, 0.5) is 5.69 Å². The van der Waals surface area contributed by atoms with Gasteiger partial charge in [0.25, 0.3) is 0 Å². The topological polar surface area (TPSA) is 84.5 Å². The molecule has 164 valence electrons. The maximum atomic E-state index is 13.1. The number of amides is 2. The highest BCUT2D eigenvalue weighted by atomic mass is 35.5. The molecule has 1 fully saturated rings. The van der Waals surface area contributed by atoms with Crippen molar-refractivity contribution in [2.45, 2.75) is 49.2 Å². The number of halogens is 1. The van der Waals surface area contributed by atoms with Crippen LogP contribution >= 0.6 is 22.7 Å².